The Labute approximate surface area is 182 Å². The number of unbranched alkanes of at least 4 members (excludes halogenated alkanes) is 3. The van der Waals surface area contributed by atoms with Gasteiger partial charge in [0.05, 0.1) is 19.6 Å². The molecule has 1 aliphatic rings. The van der Waals surface area contributed by atoms with Crippen molar-refractivity contribution >= 4 is 18.0 Å². The summed E-state index contributed by atoms with van der Waals surface area (Å²) in [7, 11) is 6.28. The van der Waals surface area contributed by atoms with E-state index < -0.39 is 5.97 Å². The largest absolute Gasteiger partial charge is 0.481 e. The monoisotopic (exact) mass is 432 g/mol. The summed E-state index contributed by atoms with van der Waals surface area (Å²) in [5.74, 6) is -0.993. The number of aldehydes is 1. The molecule has 0 aliphatic carbocycles. The van der Waals surface area contributed by atoms with Gasteiger partial charge >= 0.3 is 5.97 Å². The van der Waals surface area contributed by atoms with Crippen LogP contribution in [0.15, 0.2) is 0 Å². The maximum Gasteiger partial charge on any atom is 0.303 e. The van der Waals surface area contributed by atoms with Gasteiger partial charge in [-0.05, 0) is 73.3 Å². The molecule has 1 fully saturated rings. The van der Waals surface area contributed by atoms with Crippen LogP contribution in [0.1, 0.15) is 71.6 Å². The lowest BCUT2D eigenvalue weighted by atomic mass is 10.2. The van der Waals surface area contributed by atoms with Gasteiger partial charge in [-0.15, -0.1) is 0 Å². The smallest absolute Gasteiger partial charge is 0.303 e. The summed E-state index contributed by atoms with van der Waals surface area (Å²) in [6, 6.07) is 0.571. The van der Waals surface area contributed by atoms with E-state index in [1.807, 2.05) is 0 Å². The van der Waals surface area contributed by atoms with Crippen molar-refractivity contribution in [3.05, 3.63) is 0 Å². The SMILES string of the molecule is CC(=O)CCC(=O)O.CCCOOCC1CCCN1C.CN(C)CCCCCC=O. The second kappa shape index (κ2) is 22.3. The standard InChI is InChI=1S/C9H19NO2.C8H17NO.C5H8O3/c1-3-7-11-12-8-9-5-4-6-10(9)2;1-9(2)7-5-3-4-6-8-10;1-4(6)2-3-5(7)8/h9H,3-8H2,1-2H3;8H,3-7H2,1-2H3;2-3H2,1H3,(H,7,8). The number of likely N-dealkylation sites (N-methyl/N-ethyl adjacent to an activating group) is 1. The van der Waals surface area contributed by atoms with Crippen molar-refractivity contribution in [3.63, 3.8) is 0 Å². The molecule has 0 amide bonds. The average molecular weight is 433 g/mol. The summed E-state index contributed by atoms with van der Waals surface area (Å²) in [6.07, 6.45) is 8.81. The van der Waals surface area contributed by atoms with E-state index in [1.54, 1.807) is 0 Å². The van der Waals surface area contributed by atoms with E-state index >= 15 is 0 Å². The van der Waals surface area contributed by atoms with E-state index in [0.717, 1.165) is 38.7 Å². The maximum atomic E-state index is 10.1. The first-order valence-corrected chi connectivity index (χ1v) is 11.0. The lowest BCUT2D eigenvalue weighted by Gasteiger charge is -2.18. The third-order valence-corrected chi connectivity index (χ3v) is 4.42. The van der Waals surface area contributed by atoms with Gasteiger partial charge in [0, 0.05) is 18.9 Å². The highest BCUT2D eigenvalue weighted by Gasteiger charge is 2.20. The number of rotatable bonds is 14. The minimum absolute atomic E-state index is 0.0463. The molecular formula is C22H44N2O6. The fraction of sp³-hybridized carbons (Fsp3) is 0.864. The summed E-state index contributed by atoms with van der Waals surface area (Å²) in [5.41, 5.74) is 0. The van der Waals surface area contributed by atoms with Crippen molar-refractivity contribution < 1.29 is 29.3 Å². The Morgan fingerprint density at radius 3 is 2.30 bits per heavy atom. The highest BCUT2D eigenvalue weighted by atomic mass is 17.2. The second-order valence-electron chi connectivity index (χ2n) is 7.80. The molecular weight excluding hydrogens is 388 g/mol. The summed E-state index contributed by atoms with van der Waals surface area (Å²) in [5, 5.41) is 8.01. The molecule has 30 heavy (non-hydrogen) atoms. The van der Waals surface area contributed by atoms with Crippen molar-refractivity contribution in [3.8, 4) is 0 Å². The first-order valence-electron chi connectivity index (χ1n) is 11.0. The molecule has 0 aromatic heterocycles. The Hall–Kier alpha value is -1.35. The number of aliphatic carboxylic acids is 1. The lowest BCUT2D eigenvalue weighted by molar-refractivity contribution is -0.299. The molecule has 1 aliphatic heterocycles. The first-order chi connectivity index (χ1) is 14.2. The zero-order valence-corrected chi connectivity index (χ0v) is 19.7. The van der Waals surface area contributed by atoms with Gasteiger partial charge in [0.15, 0.2) is 0 Å². The molecule has 0 saturated carbocycles. The van der Waals surface area contributed by atoms with Crippen molar-refractivity contribution in [1.82, 2.24) is 9.80 Å². The van der Waals surface area contributed by atoms with Crippen LogP contribution in [0.2, 0.25) is 0 Å². The van der Waals surface area contributed by atoms with Crippen molar-refractivity contribution in [2.75, 3.05) is 47.4 Å². The van der Waals surface area contributed by atoms with Gasteiger partial charge in [0.1, 0.15) is 12.1 Å². The van der Waals surface area contributed by atoms with Gasteiger partial charge < -0.3 is 24.5 Å². The van der Waals surface area contributed by atoms with E-state index in [0.29, 0.717) is 12.6 Å². The van der Waals surface area contributed by atoms with E-state index in [4.69, 9.17) is 14.9 Å². The van der Waals surface area contributed by atoms with Crippen LogP contribution in [-0.4, -0.2) is 86.4 Å². The van der Waals surface area contributed by atoms with Gasteiger partial charge in [-0.1, -0.05) is 13.3 Å². The van der Waals surface area contributed by atoms with Gasteiger partial charge in [0.25, 0.3) is 0 Å². The van der Waals surface area contributed by atoms with Crippen LogP contribution in [0, 0.1) is 0 Å². The highest BCUT2D eigenvalue weighted by molar-refractivity contribution is 5.80. The molecule has 8 nitrogen and oxygen atoms in total. The Bertz CT molecular complexity index is 418. The quantitative estimate of drug-likeness (QED) is 0.193. The molecule has 0 spiro atoms. The Morgan fingerprint density at radius 2 is 1.87 bits per heavy atom. The van der Waals surface area contributed by atoms with E-state index in [-0.39, 0.29) is 18.6 Å². The number of carbonyl (C=O) groups excluding carboxylic acids is 2. The Morgan fingerprint density at radius 1 is 1.17 bits per heavy atom. The van der Waals surface area contributed by atoms with Crippen molar-refractivity contribution in [2.24, 2.45) is 0 Å². The lowest BCUT2D eigenvalue weighted by Crippen LogP contribution is -2.29. The molecule has 1 saturated heterocycles. The maximum absolute atomic E-state index is 10.1. The van der Waals surface area contributed by atoms with Gasteiger partial charge in [-0.25, -0.2) is 9.78 Å². The summed E-state index contributed by atoms with van der Waals surface area (Å²) in [6.45, 7) is 7.21. The van der Waals surface area contributed by atoms with E-state index in [2.05, 4.69) is 37.9 Å². The number of hydrogen-bond donors (Lipinski definition) is 1. The summed E-state index contributed by atoms with van der Waals surface area (Å²) >= 11 is 0. The average Bonchev–Trinajstić information content (AvgIpc) is 3.09. The Balaban J connectivity index is 0. The number of carbonyl (C=O) groups is 3. The van der Waals surface area contributed by atoms with Crippen molar-refractivity contribution in [1.29, 1.82) is 0 Å². The zero-order valence-electron chi connectivity index (χ0n) is 19.7. The molecule has 0 radical (unpaired) electrons. The number of ketones is 1. The molecule has 0 aromatic carbocycles. The normalized spacial score (nSPS) is 15.7. The number of nitrogens with zero attached hydrogens (tertiary/aromatic N) is 2. The molecule has 0 bridgehead atoms. The van der Waals surface area contributed by atoms with E-state index in [9.17, 15) is 14.4 Å². The number of hydrogen-bond acceptors (Lipinski definition) is 7. The van der Waals surface area contributed by atoms with Gasteiger partial charge in [-0.3, -0.25) is 4.79 Å². The van der Waals surface area contributed by atoms with Crippen LogP contribution >= 0.6 is 0 Å². The Kier molecular flexibility index (Phi) is 23.0. The summed E-state index contributed by atoms with van der Waals surface area (Å²) in [4.78, 5) is 44.3. The minimum Gasteiger partial charge on any atom is -0.481 e. The third-order valence-electron chi connectivity index (χ3n) is 4.42. The predicted octanol–water partition coefficient (Wildman–Crippen LogP) is 3.19. The molecule has 1 rings (SSSR count). The van der Waals surface area contributed by atoms with Crippen LogP contribution in [-0.2, 0) is 24.2 Å². The molecule has 1 N–H and O–H groups in total. The fourth-order valence-electron chi connectivity index (χ4n) is 2.57. The molecule has 1 heterocycles. The number of likely N-dealkylation sites (tertiary alicyclic amines) is 1. The molecule has 178 valence electrons. The highest BCUT2D eigenvalue weighted by Crippen LogP contribution is 2.14. The van der Waals surface area contributed by atoms with Crippen molar-refractivity contribution in [2.45, 2.75) is 77.7 Å². The molecule has 1 atom stereocenters. The van der Waals surface area contributed by atoms with Crippen LogP contribution < -0.4 is 0 Å². The number of Topliss-reactive ketones (excluding diaryl/α,β-unsaturated/α-hetero) is 1. The van der Waals surface area contributed by atoms with Crippen LogP contribution in [0.5, 0.6) is 0 Å². The second-order valence-corrected chi connectivity index (χ2v) is 7.80. The van der Waals surface area contributed by atoms with E-state index in [1.165, 1.54) is 39.2 Å². The molecule has 1 unspecified atom stereocenters. The zero-order chi connectivity index (χ0) is 23.2. The van der Waals surface area contributed by atoms with Crippen LogP contribution in [0.3, 0.4) is 0 Å². The van der Waals surface area contributed by atoms with Crippen LogP contribution in [0.4, 0.5) is 0 Å². The molecule has 0 aromatic rings. The van der Waals surface area contributed by atoms with Gasteiger partial charge in [-0.2, -0.15) is 0 Å². The number of carboxylic acids is 1. The summed E-state index contributed by atoms with van der Waals surface area (Å²) < 4.78 is 0. The van der Waals surface area contributed by atoms with Gasteiger partial charge in [0.2, 0.25) is 0 Å². The topological polar surface area (TPSA) is 96.4 Å². The predicted molar refractivity (Wildman–Crippen MR) is 118 cm³/mol. The fourth-order valence-corrected chi connectivity index (χ4v) is 2.57. The molecule has 8 heteroatoms. The van der Waals surface area contributed by atoms with Crippen LogP contribution in [0.25, 0.3) is 0 Å². The third kappa shape index (κ3) is 24.7. The first kappa shape index (κ1) is 30.8. The minimum atomic E-state index is -0.916. The number of carboxylic acid groups (broad SMARTS) is 1.